The largest absolute Gasteiger partial charge is 0.374 e. The van der Waals surface area contributed by atoms with Gasteiger partial charge in [0.2, 0.25) is 0 Å². The molecule has 0 fully saturated rings. The van der Waals surface area contributed by atoms with Crippen molar-refractivity contribution in [3.8, 4) is 0 Å². The van der Waals surface area contributed by atoms with E-state index >= 15 is 0 Å². The molecule has 0 saturated heterocycles. The van der Waals surface area contributed by atoms with Crippen LogP contribution in [0, 0.1) is 0 Å². The Morgan fingerprint density at radius 2 is 1.81 bits per heavy atom. The summed E-state index contributed by atoms with van der Waals surface area (Å²) >= 11 is 0. The minimum absolute atomic E-state index is 0.312. The van der Waals surface area contributed by atoms with E-state index in [1.807, 2.05) is 18.2 Å². The smallest absolute Gasteiger partial charge is 0.0720 e. The molecule has 0 radical (unpaired) electrons. The number of nitrogens with one attached hydrogen (secondary N) is 1. The van der Waals surface area contributed by atoms with Gasteiger partial charge in [0.15, 0.2) is 0 Å². The molecule has 0 aliphatic heterocycles. The molecule has 0 aliphatic carbocycles. The summed E-state index contributed by atoms with van der Waals surface area (Å²) in [6.07, 6.45) is 1.37. The lowest BCUT2D eigenvalue weighted by atomic mass is 10.2. The van der Waals surface area contributed by atoms with Crippen LogP contribution in [0.5, 0.6) is 0 Å². The molecule has 1 aromatic rings. The fourth-order valence-electron chi connectivity index (χ4n) is 1.47. The van der Waals surface area contributed by atoms with E-state index in [0.717, 1.165) is 13.0 Å². The average Bonchev–Trinajstić information content (AvgIpc) is 2.27. The minimum atomic E-state index is 0.312. The van der Waals surface area contributed by atoms with Gasteiger partial charge in [0, 0.05) is 6.04 Å². The molecule has 2 nitrogen and oxygen atoms in total. The van der Waals surface area contributed by atoms with E-state index in [4.69, 9.17) is 4.74 Å². The molecule has 0 amide bonds. The van der Waals surface area contributed by atoms with Crippen molar-refractivity contribution in [3.05, 3.63) is 35.9 Å². The van der Waals surface area contributed by atoms with Crippen LogP contribution in [0.4, 0.5) is 0 Å². The van der Waals surface area contributed by atoms with Gasteiger partial charge in [0.25, 0.3) is 0 Å². The van der Waals surface area contributed by atoms with E-state index in [1.165, 1.54) is 5.56 Å². The van der Waals surface area contributed by atoms with Gasteiger partial charge in [0.05, 0.1) is 12.7 Å². The third-order valence-electron chi connectivity index (χ3n) is 2.48. The number of ether oxygens (including phenoxy) is 1. The van der Waals surface area contributed by atoms with Gasteiger partial charge in [0.1, 0.15) is 0 Å². The second kappa shape index (κ2) is 7.42. The summed E-state index contributed by atoms with van der Waals surface area (Å²) in [5.74, 6) is 0. The number of rotatable bonds is 7. The van der Waals surface area contributed by atoms with Gasteiger partial charge in [-0.25, -0.2) is 0 Å². The third-order valence-corrected chi connectivity index (χ3v) is 2.48. The number of hydrogen-bond acceptors (Lipinski definition) is 2. The van der Waals surface area contributed by atoms with Crippen LogP contribution in [-0.2, 0) is 11.3 Å². The maximum absolute atomic E-state index is 5.77. The fraction of sp³-hybridized carbons (Fsp3) is 0.571. The topological polar surface area (TPSA) is 21.3 Å². The highest BCUT2D eigenvalue weighted by atomic mass is 16.5. The summed E-state index contributed by atoms with van der Waals surface area (Å²) in [6.45, 7) is 8.19. The van der Waals surface area contributed by atoms with Crippen LogP contribution in [0.2, 0.25) is 0 Å². The first-order valence-corrected chi connectivity index (χ1v) is 6.07. The second-order valence-corrected chi connectivity index (χ2v) is 4.50. The maximum Gasteiger partial charge on any atom is 0.0720 e. The molecule has 1 atom stereocenters. The zero-order chi connectivity index (χ0) is 11.8. The first kappa shape index (κ1) is 13.2. The van der Waals surface area contributed by atoms with E-state index in [-0.39, 0.29) is 0 Å². The summed E-state index contributed by atoms with van der Waals surface area (Å²) in [5, 5.41) is 3.39. The van der Waals surface area contributed by atoms with Crippen LogP contribution in [0.3, 0.4) is 0 Å². The second-order valence-electron chi connectivity index (χ2n) is 4.50. The molecule has 0 heterocycles. The number of hydrogen-bond donors (Lipinski definition) is 1. The molecule has 2 heteroatoms. The van der Waals surface area contributed by atoms with Crippen molar-refractivity contribution in [2.24, 2.45) is 0 Å². The Morgan fingerprint density at radius 1 is 1.12 bits per heavy atom. The van der Waals surface area contributed by atoms with Gasteiger partial charge in [-0.05, 0) is 25.5 Å². The van der Waals surface area contributed by atoms with Gasteiger partial charge in [-0.3, -0.25) is 0 Å². The van der Waals surface area contributed by atoms with Crippen molar-refractivity contribution >= 4 is 0 Å². The molecule has 0 spiro atoms. The molecule has 1 aromatic carbocycles. The van der Waals surface area contributed by atoms with Crippen molar-refractivity contribution < 1.29 is 4.74 Å². The predicted molar refractivity (Wildman–Crippen MR) is 68.4 cm³/mol. The Morgan fingerprint density at radius 3 is 2.44 bits per heavy atom. The Kier molecular flexibility index (Phi) is 6.12. The van der Waals surface area contributed by atoms with Crippen LogP contribution in [0.1, 0.15) is 32.8 Å². The molecule has 1 N–H and O–H groups in total. The lowest BCUT2D eigenvalue weighted by Gasteiger charge is -2.14. The summed E-state index contributed by atoms with van der Waals surface area (Å²) in [4.78, 5) is 0. The quantitative estimate of drug-likeness (QED) is 0.764. The lowest BCUT2D eigenvalue weighted by Crippen LogP contribution is -2.26. The molecule has 1 unspecified atom stereocenters. The molecular weight excluding hydrogens is 198 g/mol. The van der Waals surface area contributed by atoms with Crippen LogP contribution in [0.15, 0.2) is 30.3 Å². The van der Waals surface area contributed by atoms with E-state index in [0.29, 0.717) is 18.8 Å². The van der Waals surface area contributed by atoms with Crippen LogP contribution in [0.25, 0.3) is 0 Å². The normalized spacial score (nSPS) is 13.0. The number of benzene rings is 1. The van der Waals surface area contributed by atoms with Crippen LogP contribution >= 0.6 is 0 Å². The molecule has 90 valence electrons. The van der Waals surface area contributed by atoms with E-state index in [9.17, 15) is 0 Å². The van der Waals surface area contributed by atoms with Crippen molar-refractivity contribution in [2.45, 2.75) is 45.9 Å². The minimum Gasteiger partial charge on any atom is -0.374 e. The molecule has 1 rings (SSSR count). The van der Waals surface area contributed by atoms with E-state index in [2.05, 4.69) is 38.2 Å². The van der Waals surface area contributed by atoms with Crippen molar-refractivity contribution in [1.82, 2.24) is 5.32 Å². The van der Waals surface area contributed by atoms with Gasteiger partial charge in [-0.1, -0.05) is 44.2 Å². The Hall–Kier alpha value is -0.860. The average molecular weight is 221 g/mol. The molecule has 0 bridgehead atoms. The lowest BCUT2D eigenvalue weighted by molar-refractivity contribution is 0.0475. The zero-order valence-corrected chi connectivity index (χ0v) is 10.6. The fourth-order valence-corrected chi connectivity index (χ4v) is 1.47. The van der Waals surface area contributed by atoms with Gasteiger partial charge >= 0.3 is 0 Å². The first-order valence-electron chi connectivity index (χ1n) is 6.07. The maximum atomic E-state index is 5.77. The molecule has 16 heavy (non-hydrogen) atoms. The van der Waals surface area contributed by atoms with Crippen LogP contribution < -0.4 is 5.32 Å². The van der Waals surface area contributed by atoms with E-state index in [1.54, 1.807) is 0 Å². The monoisotopic (exact) mass is 221 g/mol. The Labute approximate surface area is 99.0 Å². The highest BCUT2D eigenvalue weighted by molar-refractivity contribution is 5.13. The van der Waals surface area contributed by atoms with Crippen molar-refractivity contribution in [3.63, 3.8) is 0 Å². The summed E-state index contributed by atoms with van der Waals surface area (Å²) in [6, 6.07) is 10.9. The highest BCUT2D eigenvalue weighted by Crippen LogP contribution is 2.05. The zero-order valence-electron chi connectivity index (χ0n) is 10.6. The van der Waals surface area contributed by atoms with Gasteiger partial charge in [-0.2, -0.15) is 0 Å². The third kappa shape index (κ3) is 5.89. The molecule has 0 aromatic heterocycles. The highest BCUT2D eigenvalue weighted by Gasteiger charge is 2.02. The van der Waals surface area contributed by atoms with Crippen molar-refractivity contribution in [2.75, 3.05) is 6.54 Å². The Balaban J connectivity index is 2.13. The van der Waals surface area contributed by atoms with Gasteiger partial charge < -0.3 is 10.1 Å². The predicted octanol–water partition coefficient (Wildman–Crippen LogP) is 2.98. The SMILES string of the molecule is CC(C)NCCC(C)OCc1ccccc1. The van der Waals surface area contributed by atoms with Gasteiger partial charge in [-0.15, -0.1) is 0 Å². The first-order chi connectivity index (χ1) is 7.68. The Bertz CT molecular complexity index is 271. The van der Waals surface area contributed by atoms with Crippen LogP contribution in [-0.4, -0.2) is 18.7 Å². The molecule has 0 aliphatic rings. The molecule has 0 saturated carbocycles. The summed E-state index contributed by atoms with van der Waals surface area (Å²) in [7, 11) is 0. The standard InChI is InChI=1S/C14H23NO/c1-12(2)15-10-9-13(3)16-11-14-7-5-4-6-8-14/h4-8,12-13,15H,9-11H2,1-3H3. The van der Waals surface area contributed by atoms with E-state index < -0.39 is 0 Å². The van der Waals surface area contributed by atoms with Crippen molar-refractivity contribution in [1.29, 1.82) is 0 Å². The molecular formula is C14H23NO. The summed E-state index contributed by atoms with van der Waals surface area (Å²) < 4.78 is 5.77. The summed E-state index contributed by atoms with van der Waals surface area (Å²) in [5.41, 5.74) is 1.24.